The molecule has 8 heteroatoms. The number of fused-ring (bicyclic) bond motifs is 1. The fourth-order valence-corrected chi connectivity index (χ4v) is 2.81. The van der Waals surface area contributed by atoms with Gasteiger partial charge in [-0.25, -0.2) is 9.67 Å². The van der Waals surface area contributed by atoms with Gasteiger partial charge < -0.3 is 10.1 Å². The second-order valence-electron chi connectivity index (χ2n) is 5.64. The van der Waals surface area contributed by atoms with Crippen LogP contribution < -0.4 is 10.1 Å². The summed E-state index contributed by atoms with van der Waals surface area (Å²) in [6.45, 7) is 0.570. The largest absolute Gasteiger partial charge is 0.497 e. The second-order valence-corrected chi connectivity index (χ2v) is 6.00. The molecular weight excluding hydrogens is 401 g/mol. The minimum Gasteiger partial charge on any atom is -0.497 e. The van der Waals surface area contributed by atoms with Crippen LogP contribution in [0.2, 0.25) is 5.15 Å². The van der Waals surface area contributed by atoms with E-state index in [4.69, 9.17) is 16.3 Å². The van der Waals surface area contributed by atoms with Crippen LogP contribution in [-0.4, -0.2) is 26.9 Å². The molecule has 0 aliphatic rings. The van der Waals surface area contributed by atoms with E-state index >= 15 is 0 Å². The van der Waals surface area contributed by atoms with Crippen molar-refractivity contribution in [3.05, 3.63) is 71.5 Å². The first-order chi connectivity index (χ1) is 12.7. The predicted octanol–water partition coefficient (Wildman–Crippen LogP) is 4.08. The van der Waals surface area contributed by atoms with E-state index in [2.05, 4.69) is 26.4 Å². The predicted molar refractivity (Wildman–Crippen MR) is 101 cm³/mol. The Morgan fingerprint density at radius 3 is 2.56 bits per heavy atom. The van der Waals surface area contributed by atoms with Gasteiger partial charge >= 0.3 is 0 Å². The molecule has 27 heavy (non-hydrogen) atoms. The molecule has 2 aromatic carbocycles. The van der Waals surface area contributed by atoms with Crippen molar-refractivity contribution in [1.82, 2.24) is 19.7 Å². The SMILES string of the molecule is COc1ccc(Cn2ncc3c(Cl)nc(Nc4cc[c-]cc4)nc32)cc1.[V]. The van der Waals surface area contributed by atoms with Crippen molar-refractivity contribution < 1.29 is 23.3 Å². The van der Waals surface area contributed by atoms with Gasteiger partial charge in [0.1, 0.15) is 10.9 Å². The molecule has 0 saturated heterocycles. The normalized spacial score (nSPS) is 10.4. The van der Waals surface area contributed by atoms with Crippen LogP contribution in [0.5, 0.6) is 5.75 Å². The summed E-state index contributed by atoms with van der Waals surface area (Å²) < 4.78 is 6.99. The smallest absolute Gasteiger partial charge is 0.228 e. The number of anilines is 2. The molecule has 0 fully saturated rings. The van der Waals surface area contributed by atoms with Gasteiger partial charge in [0.05, 0.1) is 25.2 Å². The number of aromatic nitrogens is 4. The monoisotopic (exact) mass is 415 g/mol. The van der Waals surface area contributed by atoms with Crippen molar-refractivity contribution in [3.63, 3.8) is 0 Å². The molecular formula is C19H15ClN5OV-. The quantitative estimate of drug-likeness (QED) is 0.393. The van der Waals surface area contributed by atoms with E-state index in [1.54, 1.807) is 18.0 Å². The van der Waals surface area contributed by atoms with Crippen molar-refractivity contribution >= 4 is 34.3 Å². The van der Waals surface area contributed by atoms with Crippen LogP contribution in [0.25, 0.3) is 11.0 Å². The van der Waals surface area contributed by atoms with Gasteiger partial charge in [0, 0.05) is 18.6 Å². The van der Waals surface area contributed by atoms with Crippen LogP contribution in [0.3, 0.4) is 0 Å². The minimum absolute atomic E-state index is 0. The van der Waals surface area contributed by atoms with Crippen molar-refractivity contribution in [3.8, 4) is 5.75 Å². The van der Waals surface area contributed by atoms with Crippen LogP contribution in [0.4, 0.5) is 11.6 Å². The Morgan fingerprint density at radius 1 is 1.11 bits per heavy atom. The average molecular weight is 416 g/mol. The molecule has 4 aromatic rings. The van der Waals surface area contributed by atoms with E-state index in [1.165, 1.54) is 0 Å². The van der Waals surface area contributed by atoms with E-state index in [0.717, 1.165) is 17.0 Å². The molecule has 2 heterocycles. The first-order valence-electron chi connectivity index (χ1n) is 7.98. The number of hydrogen-bond donors (Lipinski definition) is 1. The molecule has 0 aliphatic heterocycles. The fourth-order valence-electron chi connectivity index (χ4n) is 2.60. The van der Waals surface area contributed by atoms with Crippen molar-refractivity contribution in [1.29, 1.82) is 0 Å². The first kappa shape index (κ1) is 19.2. The number of halogens is 1. The standard InChI is InChI=1S/C19H15ClN5O.V/c1-26-15-9-7-13(8-10-15)12-25-18-16(11-21-25)17(20)23-19(24-18)22-14-5-3-2-4-6-14;/h3-11H,12H2,1H3,(H,22,23,24);/q-1;. The summed E-state index contributed by atoms with van der Waals surface area (Å²) in [5.74, 6) is 1.24. The summed E-state index contributed by atoms with van der Waals surface area (Å²) >= 11 is 6.32. The van der Waals surface area contributed by atoms with Crippen molar-refractivity contribution in [2.75, 3.05) is 12.4 Å². The van der Waals surface area contributed by atoms with Crippen LogP contribution in [0.15, 0.2) is 54.7 Å². The summed E-state index contributed by atoms with van der Waals surface area (Å²) in [6, 6.07) is 18.2. The molecule has 0 bridgehead atoms. The first-order valence-corrected chi connectivity index (χ1v) is 8.36. The van der Waals surface area contributed by atoms with Gasteiger partial charge in [-0.2, -0.15) is 28.3 Å². The summed E-state index contributed by atoms with van der Waals surface area (Å²) in [5, 5.41) is 8.63. The van der Waals surface area contributed by atoms with Gasteiger partial charge in [-0.15, -0.1) is 12.1 Å². The fraction of sp³-hybridized carbons (Fsp3) is 0.105. The molecule has 0 spiro atoms. The third-order valence-electron chi connectivity index (χ3n) is 3.92. The van der Waals surface area contributed by atoms with E-state index in [0.29, 0.717) is 28.7 Å². The topological polar surface area (TPSA) is 64.9 Å². The van der Waals surface area contributed by atoms with Gasteiger partial charge in [-0.05, 0) is 17.7 Å². The Hall–Kier alpha value is -2.54. The number of nitrogens with zero attached hydrogens (tertiary/aromatic N) is 4. The van der Waals surface area contributed by atoms with Crippen LogP contribution in [0, 0.1) is 6.07 Å². The van der Waals surface area contributed by atoms with Gasteiger partial charge in [0.25, 0.3) is 0 Å². The molecule has 0 amide bonds. The summed E-state index contributed by atoms with van der Waals surface area (Å²) in [4.78, 5) is 8.88. The zero-order valence-corrected chi connectivity index (χ0v) is 16.6. The number of benzene rings is 2. The zero-order valence-electron chi connectivity index (χ0n) is 14.4. The number of methoxy groups -OCH3 is 1. The van der Waals surface area contributed by atoms with Crippen LogP contribution in [0.1, 0.15) is 5.56 Å². The Labute approximate surface area is 173 Å². The maximum Gasteiger partial charge on any atom is 0.228 e. The molecule has 0 aliphatic carbocycles. The molecule has 0 unspecified atom stereocenters. The minimum atomic E-state index is 0. The third-order valence-corrected chi connectivity index (χ3v) is 4.20. The van der Waals surface area contributed by atoms with Crippen molar-refractivity contribution in [2.45, 2.75) is 6.54 Å². The molecule has 1 N–H and O–H groups in total. The van der Waals surface area contributed by atoms with E-state index in [9.17, 15) is 0 Å². The van der Waals surface area contributed by atoms with Gasteiger partial charge in [-0.3, -0.25) is 0 Å². The Balaban J connectivity index is 0.00000210. The Morgan fingerprint density at radius 2 is 1.85 bits per heavy atom. The van der Waals surface area contributed by atoms with E-state index < -0.39 is 0 Å². The second kappa shape index (κ2) is 8.44. The maximum absolute atomic E-state index is 6.32. The zero-order chi connectivity index (χ0) is 17.9. The molecule has 2 aromatic heterocycles. The van der Waals surface area contributed by atoms with Gasteiger partial charge in [0.2, 0.25) is 5.95 Å². The van der Waals surface area contributed by atoms with Gasteiger partial charge in [0.15, 0.2) is 5.65 Å². The number of nitrogens with one attached hydrogen (secondary N) is 1. The maximum atomic E-state index is 6.32. The molecule has 6 nitrogen and oxygen atoms in total. The van der Waals surface area contributed by atoms with E-state index in [1.807, 2.05) is 48.5 Å². The van der Waals surface area contributed by atoms with Crippen LogP contribution >= 0.6 is 11.6 Å². The molecule has 135 valence electrons. The Kier molecular flexibility index (Phi) is 6.01. The third kappa shape index (κ3) is 4.24. The summed E-state index contributed by atoms with van der Waals surface area (Å²) in [6.07, 6.45) is 1.68. The summed E-state index contributed by atoms with van der Waals surface area (Å²) in [7, 11) is 1.65. The average Bonchev–Trinajstić information content (AvgIpc) is 3.06. The summed E-state index contributed by atoms with van der Waals surface area (Å²) in [5.41, 5.74) is 2.62. The molecule has 4 rings (SSSR count). The molecule has 0 atom stereocenters. The number of rotatable bonds is 5. The van der Waals surface area contributed by atoms with E-state index in [-0.39, 0.29) is 18.6 Å². The van der Waals surface area contributed by atoms with Crippen molar-refractivity contribution in [2.24, 2.45) is 0 Å². The number of hydrogen-bond acceptors (Lipinski definition) is 5. The molecule has 0 saturated carbocycles. The number of ether oxygens (including phenoxy) is 1. The molecule has 1 radical (unpaired) electrons. The van der Waals surface area contributed by atoms with Gasteiger partial charge in [-0.1, -0.05) is 29.4 Å². The Bertz CT molecular complexity index is 1040. The van der Waals surface area contributed by atoms with Crippen LogP contribution in [-0.2, 0) is 25.1 Å².